The van der Waals surface area contributed by atoms with Crippen LogP contribution in [-0.2, 0) is 35.1 Å². The Hall–Kier alpha value is -2.95. The van der Waals surface area contributed by atoms with Crippen LogP contribution in [0.4, 0.5) is 9.59 Å². The number of nitrogens with one attached hydrogen (secondary N) is 1. The summed E-state index contributed by atoms with van der Waals surface area (Å²) in [6, 6.07) is 7.45. The minimum Gasteiger partial charge on any atom is -0.445 e. The van der Waals surface area contributed by atoms with Gasteiger partial charge in [-0.05, 0) is 26.3 Å². The molecule has 174 valence electrons. The number of esters is 1. The lowest BCUT2D eigenvalue weighted by atomic mass is 9.96. The van der Waals surface area contributed by atoms with E-state index >= 15 is 0 Å². The van der Waals surface area contributed by atoms with E-state index in [9.17, 15) is 19.2 Å². The number of thioether (sulfide) groups is 1. The Bertz CT molecular complexity index is 878. The molecule has 1 aromatic rings. The summed E-state index contributed by atoms with van der Waals surface area (Å²) in [6.07, 6.45) is -2.85. The molecular formula is C21H26N2O8S. The first-order valence-corrected chi connectivity index (χ1v) is 11.0. The highest BCUT2D eigenvalue weighted by atomic mass is 32.2. The predicted molar refractivity (Wildman–Crippen MR) is 113 cm³/mol. The van der Waals surface area contributed by atoms with Crippen LogP contribution in [0.5, 0.6) is 0 Å². The quantitative estimate of drug-likeness (QED) is 0.279. The first kappa shape index (κ1) is 23.7. The molecule has 4 atom stereocenters. The fourth-order valence-electron chi connectivity index (χ4n) is 3.56. The maximum Gasteiger partial charge on any atom is 0.511 e. The van der Waals surface area contributed by atoms with E-state index in [4.69, 9.17) is 14.2 Å². The van der Waals surface area contributed by atoms with Crippen molar-refractivity contribution in [2.45, 2.75) is 62.8 Å². The Morgan fingerprint density at radius 3 is 2.50 bits per heavy atom. The Morgan fingerprint density at radius 2 is 1.84 bits per heavy atom. The average Bonchev–Trinajstić information content (AvgIpc) is 2.99. The summed E-state index contributed by atoms with van der Waals surface area (Å²) in [4.78, 5) is 50.4. The third-order valence-electron chi connectivity index (χ3n) is 4.96. The average molecular weight is 467 g/mol. The largest absolute Gasteiger partial charge is 0.511 e. The SMILES string of the molecule is CCOC(=O)OC(C)OC(=O)[C@@H]1N2C(=O)C(NC(=O)OCc3ccccc3)[C@H]2SC1(C)C. The maximum atomic E-state index is 12.8. The molecule has 2 unspecified atom stereocenters. The normalized spacial score (nSPS) is 23.9. The van der Waals surface area contributed by atoms with Gasteiger partial charge in [0.05, 0.1) is 6.61 Å². The van der Waals surface area contributed by atoms with Gasteiger partial charge in [0.15, 0.2) is 0 Å². The number of fused-ring (bicyclic) bond motifs is 1. The fourth-order valence-corrected chi connectivity index (χ4v) is 5.18. The summed E-state index contributed by atoms with van der Waals surface area (Å²) in [5.41, 5.74) is 0.822. The molecule has 0 saturated carbocycles. The van der Waals surface area contributed by atoms with Gasteiger partial charge in [0.25, 0.3) is 0 Å². The van der Waals surface area contributed by atoms with Gasteiger partial charge in [0.1, 0.15) is 24.1 Å². The molecule has 11 heteroatoms. The molecule has 0 radical (unpaired) electrons. The van der Waals surface area contributed by atoms with E-state index in [0.29, 0.717) is 0 Å². The lowest BCUT2D eigenvalue weighted by molar-refractivity contribution is -0.180. The topological polar surface area (TPSA) is 120 Å². The van der Waals surface area contributed by atoms with E-state index in [1.54, 1.807) is 20.8 Å². The molecule has 3 rings (SSSR count). The second-order valence-corrected chi connectivity index (χ2v) is 9.52. The number of carbonyl (C=O) groups excluding carboxylic acids is 4. The molecule has 0 aromatic heterocycles. The summed E-state index contributed by atoms with van der Waals surface area (Å²) < 4.78 is 19.2. The number of amides is 2. The molecule has 0 aliphatic carbocycles. The van der Waals surface area contributed by atoms with Gasteiger partial charge in [-0.25, -0.2) is 14.4 Å². The zero-order chi connectivity index (χ0) is 23.5. The van der Waals surface area contributed by atoms with Crippen molar-refractivity contribution in [3.8, 4) is 0 Å². The number of hydrogen-bond donors (Lipinski definition) is 1. The zero-order valence-electron chi connectivity index (χ0n) is 18.2. The van der Waals surface area contributed by atoms with Crippen molar-refractivity contribution in [3.05, 3.63) is 35.9 Å². The third kappa shape index (κ3) is 5.09. The Labute approximate surface area is 189 Å². The number of ether oxygens (including phenoxy) is 4. The van der Waals surface area contributed by atoms with Crippen molar-refractivity contribution < 1.29 is 38.1 Å². The van der Waals surface area contributed by atoms with Gasteiger partial charge in [0.2, 0.25) is 12.2 Å². The van der Waals surface area contributed by atoms with E-state index in [2.05, 4.69) is 10.1 Å². The van der Waals surface area contributed by atoms with Crippen molar-refractivity contribution in [3.63, 3.8) is 0 Å². The number of β-lactam (4-membered cyclic amide) rings is 1. The van der Waals surface area contributed by atoms with Crippen molar-refractivity contribution in [1.82, 2.24) is 10.2 Å². The predicted octanol–water partition coefficient (Wildman–Crippen LogP) is 2.41. The number of nitrogens with zero attached hydrogens (tertiary/aromatic N) is 1. The third-order valence-corrected chi connectivity index (χ3v) is 6.53. The monoisotopic (exact) mass is 466 g/mol. The van der Waals surface area contributed by atoms with Gasteiger partial charge < -0.3 is 29.2 Å². The molecule has 2 aliphatic heterocycles. The van der Waals surface area contributed by atoms with Crippen LogP contribution in [0.15, 0.2) is 30.3 Å². The van der Waals surface area contributed by atoms with Gasteiger partial charge in [-0.1, -0.05) is 30.3 Å². The minimum atomic E-state index is -1.18. The summed E-state index contributed by atoms with van der Waals surface area (Å²) in [5, 5.41) is 2.13. The van der Waals surface area contributed by atoms with Crippen LogP contribution in [-0.4, -0.2) is 64.1 Å². The maximum absolute atomic E-state index is 12.8. The van der Waals surface area contributed by atoms with Crippen molar-refractivity contribution in [2.24, 2.45) is 0 Å². The molecule has 1 aromatic carbocycles. The molecule has 2 amide bonds. The van der Waals surface area contributed by atoms with E-state index in [1.807, 2.05) is 30.3 Å². The second-order valence-electron chi connectivity index (χ2n) is 7.75. The number of benzene rings is 1. The molecular weight excluding hydrogens is 440 g/mol. The summed E-state index contributed by atoms with van der Waals surface area (Å²) >= 11 is 1.37. The lowest BCUT2D eigenvalue weighted by Crippen LogP contribution is -2.70. The Kier molecular flexibility index (Phi) is 7.17. The first-order valence-electron chi connectivity index (χ1n) is 10.1. The minimum absolute atomic E-state index is 0.0773. The van der Waals surface area contributed by atoms with Crippen LogP contribution in [0, 0.1) is 0 Å². The van der Waals surface area contributed by atoms with Crippen LogP contribution in [0.25, 0.3) is 0 Å². The summed E-state index contributed by atoms with van der Waals surface area (Å²) in [5.74, 6) is -1.12. The van der Waals surface area contributed by atoms with Gasteiger partial charge in [-0.3, -0.25) is 4.79 Å². The number of rotatable bonds is 7. The molecule has 1 N–H and O–H groups in total. The highest BCUT2D eigenvalue weighted by Gasteiger charge is 2.64. The molecule has 2 heterocycles. The second kappa shape index (κ2) is 9.68. The first-order chi connectivity index (χ1) is 15.1. The standard InChI is InChI=1S/C21H26N2O8S/c1-5-28-20(27)31-12(2)30-18(25)15-21(3,4)32-17-14(16(24)23(15)17)22-19(26)29-11-13-9-7-6-8-10-13/h6-10,12,14-15,17H,5,11H2,1-4H3,(H,22,26)/t12?,14?,15-,17+/m0/s1. The summed E-state index contributed by atoms with van der Waals surface area (Å²) in [7, 11) is 0. The van der Waals surface area contributed by atoms with Crippen molar-refractivity contribution >= 4 is 35.9 Å². The summed E-state index contributed by atoms with van der Waals surface area (Å²) in [6.45, 7) is 6.81. The van der Waals surface area contributed by atoms with Gasteiger partial charge in [-0.2, -0.15) is 0 Å². The molecule has 2 fully saturated rings. The highest BCUT2D eigenvalue weighted by Crippen LogP contribution is 2.51. The van der Waals surface area contributed by atoms with Gasteiger partial charge >= 0.3 is 18.2 Å². The number of alkyl carbamates (subject to hydrolysis) is 1. The van der Waals surface area contributed by atoms with Crippen LogP contribution in [0.3, 0.4) is 0 Å². The Morgan fingerprint density at radius 1 is 1.16 bits per heavy atom. The van der Waals surface area contributed by atoms with E-state index < -0.39 is 52.6 Å². The van der Waals surface area contributed by atoms with Crippen molar-refractivity contribution in [1.29, 1.82) is 0 Å². The number of carbonyl (C=O) groups is 4. The molecule has 2 aliphatic rings. The highest BCUT2D eigenvalue weighted by molar-refractivity contribution is 8.01. The van der Waals surface area contributed by atoms with Crippen molar-refractivity contribution in [2.75, 3.05) is 6.61 Å². The zero-order valence-corrected chi connectivity index (χ0v) is 19.0. The van der Waals surface area contributed by atoms with Gasteiger partial charge in [0, 0.05) is 11.7 Å². The lowest BCUT2D eigenvalue weighted by Gasteiger charge is -2.43. The van der Waals surface area contributed by atoms with Gasteiger partial charge in [-0.15, -0.1) is 11.8 Å². The van der Waals surface area contributed by atoms with Crippen LogP contribution in [0.2, 0.25) is 0 Å². The molecule has 0 bridgehead atoms. The van der Waals surface area contributed by atoms with E-state index in [1.165, 1.54) is 23.6 Å². The molecule has 0 spiro atoms. The van der Waals surface area contributed by atoms with E-state index in [-0.39, 0.29) is 13.2 Å². The Balaban J connectivity index is 1.56. The smallest absolute Gasteiger partial charge is 0.445 e. The van der Waals surface area contributed by atoms with Crippen LogP contribution >= 0.6 is 11.8 Å². The van der Waals surface area contributed by atoms with Crippen LogP contribution < -0.4 is 5.32 Å². The molecule has 10 nitrogen and oxygen atoms in total. The fraction of sp³-hybridized carbons (Fsp3) is 0.524. The van der Waals surface area contributed by atoms with E-state index in [0.717, 1.165) is 5.56 Å². The molecule has 2 saturated heterocycles. The van der Waals surface area contributed by atoms with Crippen LogP contribution in [0.1, 0.15) is 33.3 Å². The molecule has 32 heavy (non-hydrogen) atoms. The number of hydrogen-bond acceptors (Lipinski definition) is 9.